The van der Waals surface area contributed by atoms with Gasteiger partial charge in [-0.05, 0) is 42.7 Å². The van der Waals surface area contributed by atoms with Crippen molar-refractivity contribution in [3.63, 3.8) is 0 Å². The Morgan fingerprint density at radius 1 is 1.10 bits per heavy atom. The lowest BCUT2D eigenvalue weighted by Crippen LogP contribution is -2.22. The highest BCUT2D eigenvalue weighted by Gasteiger charge is 2.13. The van der Waals surface area contributed by atoms with E-state index in [-0.39, 0.29) is 23.7 Å². The van der Waals surface area contributed by atoms with E-state index < -0.39 is 5.82 Å². The van der Waals surface area contributed by atoms with Gasteiger partial charge in [-0.2, -0.15) is 0 Å². The second kappa shape index (κ2) is 7.03. The normalized spacial score (nSPS) is 14.0. The van der Waals surface area contributed by atoms with Crippen LogP contribution in [0, 0.1) is 5.82 Å². The van der Waals surface area contributed by atoms with Gasteiger partial charge in [0.1, 0.15) is 5.82 Å². The lowest BCUT2D eigenvalue weighted by Gasteiger charge is -2.21. The molecule has 2 rings (SSSR count). The van der Waals surface area contributed by atoms with Crippen LogP contribution in [0.15, 0.2) is 42.5 Å². The van der Waals surface area contributed by atoms with E-state index in [1.807, 2.05) is 31.2 Å². The molecule has 0 spiro atoms. The molecule has 0 aromatic heterocycles. The van der Waals surface area contributed by atoms with Gasteiger partial charge in [0, 0.05) is 12.1 Å². The van der Waals surface area contributed by atoms with Gasteiger partial charge in [-0.3, -0.25) is 0 Å². The Balaban J connectivity index is 2.10. The first-order valence-electron chi connectivity index (χ1n) is 6.92. The molecule has 0 radical (unpaired) electrons. The highest BCUT2D eigenvalue weighted by molar-refractivity contribution is 6.30. The minimum absolute atomic E-state index is 0.0314. The predicted molar refractivity (Wildman–Crippen MR) is 83.7 cm³/mol. The topological polar surface area (TPSA) is 32.3 Å². The number of benzene rings is 2. The van der Waals surface area contributed by atoms with Crippen molar-refractivity contribution in [1.29, 1.82) is 0 Å². The van der Waals surface area contributed by atoms with Gasteiger partial charge in [-0.15, -0.1) is 0 Å². The van der Waals surface area contributed by atoms with E-state index in [2.05, 4.69) is 12.2 Å². The van der Waals surface area contributed by atoms with E-state index in [0.717, 1.165) is 16.7 Å². The molecule has 2 aromatic rings. The van der Waals surface area contributed by atoms with Crippen LogP contribution in [0.2, 0.25) is 5.02 Å². The standard InChI is InChI=1S/C17H19ClFNO/c1-11(14-5-3-4-13(8-14)10-21)20-12(2)15-6-7-17(19)16(18)9-15/h3-9,11-12,20-21H,10H2,1-2H3. The van der Waals surface area contributed by atoms with E-state index in [4.69, 9.17) is 11.6 Å². The molecule has 0 saturated carbocycles. The van der Waals surface area contributed by atoms with Gasteiger partial charge in [0.25, 0.3) is 0 Å². The summed E-state index contributed by atoms with van der Waals surface area (Å²) in [4.78, 5) is 0. The molecule has 0 fully saturated rings. The second-order valence-electron chi connectivity index (χ2n) is 5.19. The molecule has 0 amide bonds. The van der Waals surface area contributed by atoms with E-state index >= 15 is 0 Å². The number of nitrogens with one attached hydrogen (secondary N) is 1. The van der Waals surface area contributed by atoms with Gasteiger partial charge in [0.15, 0.2) is 0 Å². The maximum Gasteiger partial charge on any atom is 0.141 e. The molecule has 4 heteroatoms. The molecule has 0 bridgehead atoms. The summed E-state index contributed by atoms with van der Waals surface area (Å²) in [7, 11) is 0. The van der Waals surface area contributed by atoms with Crippen LogP contribution in [0.5, 0.6) is 0 Å². The molecule has 2 unspecified atom stereocenters. The SMILES string of the molecule is CC(NC(C)c1ccc(F)c(Cl)c1)c1cccc(CO)c1. The van der Waals surface area contributed by atoms with Crippen molar-refractivity contribution in [2.45, 2.75) is 32.5 Å². The van der Waals surface area contributed by atoms with E-state index in [1.54, 1.807) is 12.1 Å². The molecule has 21 heavy (non-hydrogen) atoms. The summed E-state index contributed by atoms with van der Waals surface area (Å²) in [5.74, 6) is -0.406. The fourth-order valence-electron chi connectivity index (χ4n) is 2.31. The summed E-state index contributed by atoms with van der Waals surface area (Å²) in [6.45, 7) is 4.10. The number of aliphatic hydroxyl groups is 1. The summed E-state index contributed by atoms with van der Waals surface area (Å²) < 4.78 is 13.2. The fourth-order valence-corrected chi connectivity index (χ4v) is 2.50. The van der Waals surface area contributed by atoms with Crippen LogP contribution in [0.3, 0.4) is 0 Å². The Morgan fingerprint density at radius 3 is 2.38 bits per heavy atom. The summed E-state index contributed by atoms with van der Waals surface area (Å²) in [6.07, 6.45) is 0. The summed E-state index contributed by atoms with van der Waals surface area (Å²) in [5.41, 5.74) is 2.92. The molecule has 0 aliphatic rings. The number of hydrogen-bond donors (Lipinski definition) is 2. The number of hydrogen-bond acceptors (Lipinski definition) is 2. The van der Waals surface area contributed by atoms with Crippen molar-refractivity contribution in [2.75, 3.05) is 0 Å². The van der Waals surface area contributed by atoms with Gasteiger partial charge in [0.2, 0.25) is 0 Å². The second-order valence-corrected chi connectivity index (χ2v) is 5.59. The zero-order valence-electron chi connectivity index (χ0n) is 12.1. The molecule has 2 aromatic carbocycles. The van der Waals surface area contributed by atoms with E-state index in [0.29, 0.717) is 0 Å². The third kappa shape index (κ3) is 4.03. The minimum Gasteiger partial charge on any atom is -0.392 e. The molecule has 0 heterocycles. The van der Waals surface area contributed by atoms with E-state index in [1.165, 1.54) is 6.07 Å². The fraction of sp³-hybridized carbons (Fsp3) is 0.294. The lowest BCUT2D eigenvalue weighted by atomic mass is 10.0. The first-order valence-corrected chi connectivity index (χ1v) is 7.29. The maximum absolute atomic E-state index is 13.2. The first kappa shape index (κ1) is 16.0. The van der Waals surface area contributed by atoms with Gasteiger partial charge < -0.3 is 10.4 Å². The highest BCUT2D eigenvalue weighted by atomic mass is 35.5. The third-order valence-electron chi connectivity index (χ3n) is 3.58. The lowest BCUT2D eigenvalue weighted by molar-refractivity contribution is 0.281. The van der Waals surface area contributed by atoms with Crippen LogP contribution in [-0.4, -0.2) is 5.11 Å². The quantitative estimate of drug-likeness (QED) is 0.859. The van der Waals surface area contributed by atoms with Crippen molar-refractivity contribution in [1.82, 2.24) is 5.32 Å². The average molecular weight is 308 g/mol. The summed E-state index contributed by atoms with van der Waals surface area (Å²) >= 11 is 5.82. The molecule has 0 aliphatic heterocycles. The Kier molecular flexibility index (Phi) is 5.34. The number of aliphatic hydroxyl groups excluding tert-OH is 1. The molecular formula is C17H19ClFNO. The largest absolute Gasteiger partial charge is 0.392 e. The van der Waals surface area contributed by atoms with Crippen molar-refractivity contribution in [2.24, 2.45) is 0 Å². The van der Waals surface area contributed by atoms with Gasteiger partial charge >= 0.3 is 0 Å². The van der Waals surface area contributed by atoms with Crippen molar-refractivity contribution in [3.8, 4) is 0 Å². The van der Waals surface area contributed by atoms with Crippen molar-refractivity contribution < 1.29 is 9.50 Å². The molecular weight excluding hydrogens is 289 g/mol. The zero-order chi connectivity index (χ0) is 15.4. The molecule has 2 N–H and O–H groups in total. The maximum atomic E-state index is 13.2. The van der Waals surface area contributed by atoms with Gasteiger partial charge in [-0.1, -0.05) is 41.9 Å². The number of rotatable bonds is 5. The van der Waals surface area contributed by atoms with Crippen LogP contribution >= 0.6 is 11.6 Å². The van der Waals surface area contributed by atoms with Crippen LogP contribution < -0.4 is 5.32 Å². The summed E-state index contributed by atoms with van der Waals surface area (Å²) in [6, 6.07) is 12.7. The Hall–Kier alpha value is -1.42. The monoisotopic (exact) mass is 307 g/mol. The highest BCUT2D eigenvalue weighted by Crippen LogP contribution is 2.23. The van der Waals surface area contributed by atoms with Crippen LogP contribution in [0.25, 0.3) is 0 Å². The molecule has 112 valence electrons. The van der Waals surface area contributed by atoms with Crippen LogP contribution in [0.1, 0.15) is 42.6 Å². The molecule has 0 aliphatic carbocycles. The first-order chi connectivity index (χ1) is 10.0. The molecule has 0 saturated heterocycles. The van der Waals surface area contributed by atoms with Crippen molar-refractivity contribution >= 4 is 11.6 Å². The minimum atomic E-state index is -0.406. The Morgan fingerprint density at radius 2 is 1.76 bits per heavy atom. The third-order valence-corrected chi connectivity index (χ3v) is 3.87. The van der Waals surface area contributed by atoms with Gasteiger partial charge in [-0.25, -0.2) is 4.39 Å². The molecule has 2 atom stereocenters. The Bertz CT molecular complexity index is 617. The van der Waals surface area contributed by atoms with Gasteiger partial charge in [0.05, 0.1) is 11.6 Å². The van der Waals surface area contributed by atoms with Crippen molar-refractivity contribution in [3.05, 3.63) is 70.0 Å². The van der Waals surface area contributed by atoms with Crippen LogP contribution in [0.4, 0.5) is 4.39 Å². The van der Waals surface area contributed by atoms with E-state index in [9.17, 15) is 9.50 Å². The smallest absolute Gasteiger partial charge is 0.141 e. The average Bonchev–Trinajstić information content (AvgIpc) is 2.49. The molecule has 2 nitrogen and oxygen atoms in total. The van der Waals surface area contributed by atoms with Crippen LogP contribution in [-0.2, 0) is 6.61 Å². The Labute approximate surface area is 129 Å². The zero-order valence-corrected chi connectivity index (χ0v) is 12.9. The predicted octanol–water partition coefficient (Wildman–Crippen LogP) is 4.38. The number of halogens is 2. The summed E-state index contributed by atoms with van der Waals surface area (Å²) in [5, 5.41) is 12.8.